The number of anilines is 2. The SMILES string of the molecule is COc1ccc(N2CCN(CC3CCc4ccccc4N3C(=O)C3CCCCC3)CC2)c(OC)c1. The summed E-state index contributed by atoms with van der Waals surface area (Å²) in [6.07, 6.45) is 7.84. The number of hydrogen-bond donors (Lipinski definition) is 0. The van der Waals surface area contributed by atoms with Gasteiger partial charge in [0.25, 0.3) is 0 Å². The van der Waals surface area contributed by atoms with Gasteiger partial charge in [0.15, 0.2) is 0 Å². The Morgan fingerprint density at radius 1 is 0.886 bits per heavy atom. The molecule has 35 heavy (non-hydrogen) atoms. The molecule has 2 fully saturated rings. The summed E-state index contributed by atoms with van der Waals surface area (Å²) >= 11 is 0. The minimum absolute atomic E-state index is 0.191. The van der Waals surface area contributed by atoms with E-state index in [-0.39, 0.29) is 12.0 Å². The molecule has 0 spiro atoms. The molecule has 1 saturated heterocycles. The summed E-state index contributed by atoms with van der Waals surface area (Å²) in [5.74, 6) is 2.22. The van der Waals surface area contributed by atoms with Gasteiger partial charge in [-0.15, -0.1) is 0 Å². The van der Waals surface area contributed by atoms with Crippen molar-refractivity contribution in [2.45, 2.75) is 51.0 Å². The Kier molecular flexibility index (Phi) is 7.47. The number of para-hydroxylation sites is 1. The molecule has 0 N–H and O–H groups in total. The van der Waals surface area contributed by atoms with E-state index in [1.165, 1.54) is 24.8 Å². The van der Waals surface area contributed by atoms with Crippen molar-refractivity contribution in [2.75, 3.05) is 56.7 Å². The van der Waals surface area contributed by atoms with Crippen molar-refractivity contribution in [2.24, 2.45) is 5.92 Å². The van der Waals surface area contributed by atoms with Gasteiger partial charge in [-0.2, -0.15) is 0 Å². The lowest BCUT2D eigenvalue weighted by Gasteiger charge is -2.44. The maximum atomic E-state index is 13.8. The molecule has 3 aliphatic rings. The number of fused-ring (bicyclic) bond motifs is 1. The Hall–Kier alpha value is -2.73. The lowest BCUT2D eigenvalue weighted by molar-refractivity contribution is -0.124. The third kappa shape index (κ3) is 5.13. The Morgan fingerprint density at radius 3 is 2.40 bits per heavy atom. The number of benzene rings is 2. The zero-order valence-electron chi connectivity index (χ0n) is 21.2. The van der Waals surface area contributed by atoms with Gasteiger partial charge in [0.2, 0.25) is 5.91 Å². The molecule has 6 heteroatoms. The Morgan fingerprint density at radius 2 is 1.66 bits per heavy atom. The van der Waals surface area contributed by atoms with Crippen LogP contribution in [0.4, 0.5) is 11.4 Å². The molecule has 0 bridgehead atoms. The maximum absolute atomic E-state index is 13.8. The van der Waals surface area contributed by atoms with Crippen molar-refractivity contribution in [1.29, 1.82) is 0 Å². The number of amides is 1. The van der Waals surface area contributed by atoms with Crippen LogP contribution in [0.15, 0.2) is 42.5 Å². The van der Waals surface area contributed by atoms with Gasteiger partial charge in [0.1, 0.15) is 11.5 Å². The summed E-state index contributed by atoms with van der Waals surface area (Å²) in [5.41, 5.74) is 3.60. The summed E-state index contributed by atoms with van der Waals surface area (Å²) in [6, 6.07) is 14.9. The van der Waals surface area contributed by atoms with Crippen LogP contribution < -0.4 is 19.3 Å². The molecule has 0 aromatic heterocycles. The van der Waals surface area contributed by atoms with Gasteiger partial charge in [0.05, 0.1) is 19.9 Å². The van der Waals surface area contributed by atoms with Crippen LogP contribution in [0, 0.1) is 5.92 Å². The fourth-order valence-corrected chi connectivity index (χ4v) is 6.14. The van der Waals surface area contributed by atoms with Gasteiger partial charge in [0, 0.05) is 56.4 Å². The van der Waals surface area contributed by atoms with Crippen molar-refractivity contribution >= 4 is 17.3 Å². The van der Waals surface area contributed by atoms with Crippen molar-refractivity contribution < 1.29 is 14.3 Å². The Labute approximate surface area is 209 Å². The van der Waals surface area contributed by atoms with E-state index in [4.69, 9.17) is 9.47 Å². The lowest BCUT2D eigenvalue weighted by atomic mass is 9.86. The second-order valence-corrected chi connectivity index (χ2v) is 10.2. The van der Waals surface area contributed by atoms with E-state index in [1.54, 1.807) is 14.2 Å². The number of piperazine rings is 1. The van der Waals surface area contributed by atoms with Crippen LogP contribution in [-0.4, -0.2) is 63.8 Å². The first-order valence-electron chi connectivity index (χ1n) is 13.3. The van der Waals surface area contributed by atoms with Crippen LogP contribution in [0.3, 0.4) is 0 Å². The van der Waals surface area contributed by atoms with Crippen molar-refractivity contribution in [3.8, 4) is 11.5 Å². The molecule has 2 heterocycles. The summed E-state index contributed by atoms with van der Waals surface area (Å²) in [4.78, 5) is 21.0. The number of rotatable bonds is 6. The van der Waals surface area contributed by atoms with Crippen LogP contribution in [0.5, 0.6) is 11.5 Å². The van der Waals surface area contributed by atoms with Crippen molar-refractivity contribution in [3.63, 3.8) is 0 Å². The van der Waals surface area contributed by atoms with E-state index < -0.39 is 0 Å². The standard InChI is InChI=1S/C29H39N3O3/c1-34-25-14-15-27(28(20-25)35-2)31-18-16-30(17-19-31)21-24-13-12-22-8-6-7-11-26(22)32(24)29(33)23-9-4-3-5-10-23/h6-8,11,14-15,20,23-24H,3-5,9-10,12-13,16-19,21H2,1-2H3. The quantitative estimate of drug-likeness (QED) is 0.601. The molecule has 5 rings (SSSR count). The van der Waals surface area contributed by atoms with E-state index in [9.17, 15) is 4.79 Å². The molecule has 1 unspecified atom stereocenters. The number of nitrogens with zero attached hydrogens (tertiary/aromatic N) is 3. The zero-order valence-corrected chi connectivity index (χ0v) is 21.2. The van der Waals surface area contributed by atoms with Crippen LogP contribution >= 0.6 is 0 Å². The van der Waals surface area contributed by atoms with E-state index in [1.807, 2.05) is 12.1 Å². The number of ether oxygens (including phenoxy) is 2. The summed E-state index contributed by atoms with van der Waals surface area (Å²) in [7, 11) is 3.40. The molecule has 188 valence electrons. The number of carbonyl (C=O) groups excluding carboxylic acids is 1. The van der Waals surface area contributed by atoms with Crippen LogP contribution in [0.25, 0.3) is 0 Å². The third-order valence-electron chi connectivity index (χ3n) is 8.12. The number of hydrogen-bond acceptors (Lipinski definition) is 5. The van der Waals surface area contributed by atoms with Crippen LogP contribution in [0.2, 0.25) is 0 Å². The number of aryl methyl sites for hydroxylation is 1. The predicted octanol–water partition coefficient (Wildman–Crippen LogP) is 4.75. The summed E-state index contributed by atoms with van der Waals surface area (Å²) in [5, 5.41) is 0. The van der Waals surface area contributed by atoms with E-state index in [0.717, 1.165) is 81.3 Å². The Bertz CT molecular complexity index is 1010. The van der Waals surface area contributed by atoms with Gasteiger partial charge in [-0.3, -0.25) is 9.69 Å². The second kappa shape index (κ2) is 10.9. The van der Waals surface area contributed by atoms with E-state index >= 15 is 0 Å². The van der Waals surface area contributed by atoms with Gasteiger partial charge >= 0.3 is 0 Å². The minimum atomic E-state index is 0.191. The molecule has 1 aliphatic carbocycles. The van der Waals surface area contributed by atoms with Crippen LogP contribution in [0.1, 0.15) is 44.1 Å². The van der Waals surface area contributed by atoms with Crippen molar-refractivity contribution in [1.82, 2.24) is 4.90 Å². The first-order valence-corrected chi connectivity index (χ1v) is 13.3. The molecule has 6 nitrogen and oxygen atoms in total. The maximum Gasteiger partial charge on any atom is 0.230 e. The highest BCUT2D eigenvalue weighted by atomic mass is 16.5. The smallest absolute Gasteiger partial charge is 0.230 e. The highest BCUT2D eigenvalue weighted by Gasteiger charge is 2.36. The Balaban J connectivity index is 1.27. The molecule has 1 amide bonds. The second-order valence-electron chi connectivity index (χ2n) is 10.2. The molecule has 1 atom stereocenters. The van der Waals surface area contributed by atoms with Gasteiger partial charge in [-0.1, -0.05) is 37.5 Å². The van der Waals surface area contributed by atoms with E-state index in [0.29, 0.717) is 5.91 Å². The van der Waals surface area contributed by atoms with Gasteiger partial charge < -0.3 is 19.3 Å². The first-order chi connectivity index (χ1) is 17.2. The van der Waals surface area contributed by atoms with Crippen molar-refractivity contribution in [3.05, 3.63) is 48.0 Å². The molecule has 0 radical (unpaired) electrons. The average Bonchev–Trinajstić information content (AvgIpc) is 2.93. The van der Waals surface area contributed by atoms with Gasteiger partial charge in [-0.05, 0) is 49.4 Å². The lowest BCUT2D eigenvalue weighted by Crippen LogP contribution is -2.55. The first kappa shape index (κ1) is 24.0. The number of carbonyl (C=O) groups is 1. The predicted molar refractivity (Wildman–Crippen MR) is 141 cm³/mol. The minimum Gasteiger partial charge on any atom is -0.497 e. The molecule has 2 aromatic rings. The van der Waals surface area contributed by atoms with Crippen LogP contribution in [-0.2, 0) is 11.2 Å². The molecular weight excluding hydrogens is 438 g/mol. The zero-order chi connectivity index (χ0) is 24.2. The largest absolute Gasteiger partial charge is 0.497 e. The fraction of sp³-hybridized carbons (Fsp3) is 0.552. The highest BCUT2D eigenvalue weighted by Crippen LogP contribution is 2.36. The van der Waals surface area contributed by atoms with Gasteiger partial charge in [-0.25, -0.2) is 0 Å². The average molecular weight is 478 g/mol. The third-order valence-corrected chi connectivity index (χ3v) is 8.12. The molecular formula is C29H39N3O3. The summed E-state index contributed by atoms with van der Waals surface area (Å²) in [6.45, 7) is 4.81. The monoisotopic (exact) mass is 477 g/mol. The molecule has 2 aliphatic heterocycles. The highest BCUT2D eigenvalue weighted by molar-refractivity contribution is 5.97. The fourth-order valence-electron chi connectivity index (χ4n) is 6.14. The normalized spacial score (nSPS) is 21.5. The van der Waals surface area contributed by atoms with E-state index in [2.05, 4.69) is 45.0 Å². The molecule has 2 aromatic carbocycles. The number of methoxy groups -OCH3 is 2. The topological polar surface area (TPSA) is 45.2 Å². The summed E-state index contributed by atoms with van der Waals surface area (Å²) < 4.78 is 11.0. The molecule has 1 saturated carbocycles.